The first-order valence-corrected chi connectivity index (χ1v) is 7.53. The molecule has 3 aliphatic rings. The van der Waals surface area contributed by atoms with Gasteiger partial charge in [0.05, 0.1) is 0 Å². The largest absolute Gasteiger partial charge is 0.0953 e. The lowest BCUT2D eigenvalue weighted by molar-refractivity contribution is 0.405. The van der Waals surface area contributed by atoms with Gasteiger partial charge in [0, 0.05) is 5.41 Å². The van der Waals surface area contributed by atoms with E-state index in [0.717, 1.165) is 5.92 Å². The summed E-state index contributed by atoms with van der Waals surface area (Å²) in [6.45, 7) is 11.2. The van der Waals surface area contributed by atoms with Crippen LogP contribution in [0.4, 0.5) is 0 Å². The summed E-state index contributed by atoms with van der Waals surface area (Å²) >= 11 is 0. The highest BCUT2D eigenvalue weighted by Crippen LogP contribution is 2.64. The molecule has 3 aliphatic carbocycles. The number of allylic oxidation sites excluding steroid dienone is 3. The molecule has 4 rings (SSSR count). The van der Waals surface area contributed by atoms with Gasteiger partial charge in [-0.3, -0.25) is 0 Å². The highest BCUT2D eigenvalue weighted by atomic mass is 14.5. The van der Waals surface area contributed by atoms with Crippen LogP contribution in [-0.4, -0.2) is 0 Å². The predicted octanol–water partition coefficient (Wildman–Crippen LogP) is 4.99. The summed E-state index contributed by atoms with van der Waals surface area (Å²) < 4.78 is 0. The van der Waals surface area contributed by atoms with Crippen molar-refractivity contribution in [1.82, 2.24) is 0 Å². The Bertz CT molecular complexity index is 644. The molecular weight excluding hydrogens is 228 g/mol. The first-order chi connectivity index (χ1) is 9.03. The molecule has 0 aliphatic heterocycles. The molecule has 98 valence electrons. The second kappa shape index (κ2) is 3.42. The molecule has 1 aromatic rings. The topological polar surface area (TPSA) is 0 Å². The third-order valence-electron chi connectivity index (χ3n) is 6.14. The number of hydrogen-bond donors (Lipinski definition) is 0. The van der Waals surface area contributed by atoms with Gasteiger partial charge in [0.2, 0.25) is 0 Å². The predicted molar refractivity (Wildman–Crippen MR) is 81.1 cm³/mol. The van der Waals surface area contributed by atoms with Crippen LogP contribution in [0.1, 0.15) is 48.4 Å². The third-order valence-corrected chi connectivity index (χ3v) is 6.14. The molecule has 0 heterocycles. The first kappa shape index (κ1) is 11.5. The van der Waals surface area contributed by atoms with Gasteiger partial charge in [-0.2, -0.15) is 0 Å². The van der Waals surface area contributed by atoms with E-state index in [4.69, 9.17) is 0 Å². The second-order valence-corrected chi connectivity index (χ2v) is 6.96. The fraction of sp³-hybridized carbons (Fsp3) is 0.474. The van der Waals surface area contributed by atoms with Crippen LogP contribution >= 0.6 is 0 Å². The molecule has 0 N–H and O–H groups in total. The van der Waals surface area contributed by atoms with E-state index in [2.05, 4.69) is 39.5 Å². The maximum atomic E-state index is 4.39. The van der Waals surface area contributed by atoms with Crippen molar-refractivity contribution in [1.29, 1.82) is 0 Å². The Hall–Kier alpha value is -1.30. The molecule has 0 heteroatoms. The van der Waals surface area contributed by atoms with Crippen molar-refractivity contribution in [2.45, 2.75) is 46.5 Å². The van der Waals surface area contributed by atoms with Crippen molar-refractivity contribution < 1.29 is 0 Å². The van der Waals surface area contributed by atoms with Gasteiger partial charge in [0.1, 0.15) is 0 Å². The van der Waals surface area contributed by atoms with Crippen molar-refractivity contribution in [3.8, 4) is 0 Å². The Labute approximate surface area is 116 Å². The first-order valence-electron chi connectivity index (χ1n) is 7.53. The summed E-state index contributed by atoms with van der Waals surface area (Å²) in [5.74, 6) is 0.763. The van der Waals surface area contributed by atoms with Crippen LogP contribution < -0.4 is 0 Å². The number of fused-ring (bicyclic) bond motifs is 3. The Morgan fingerprint density at radius 2 is 2.00 bits per heavy atom. The Balaban J connectivity index is 2.03. The van der Waals surface area contributed by atoms with Crippen molar-refractivity contribution >= 4 is 5.57 Å². The zero-order chi connectivity index (χ0) is 13.4. The molecule has 2 bridgehead atoms. The number of aryl methyl sites for hydroxylation is 1. The standard InChI is InChI=1S/C19H22/c1-11-5-6-16-17(12(11)2)10-19-8-7-15(9-19)13(3)14(4)18(16)19/h5-6,15H,3,7-10H2,1-2,4H3. The Kier molecular flexibility index (Phi) is 2.07. The van der Waals surface area contributed by atoms with Gasteiger partial charge in [0.15, 0.2) is 0 Å². The number of hydrogen-bond acceptors (Lipinski definition) is 0. The van der Waals surface area contributed by atoms with Crippen LogP contribution in [0.3, 0.4) is 0 Å². The van der Waals surface area contributed by atoms with Crippen LogP contribution in [0.2, 0.25) is 0 Å². The minimum Gasteiger partial charge on any atom is -0.0953 e. The molecule has 2 atom stereocenters. The molecule has 19 heavy (non-hydrogen) atoms. The van der Waals surface area contributed by atoms with Gasteiger partial charge < -0.3 is 0 Å². The zero-order valence-electron chi connectivity index (χ0n) is 12.3. The van der Waals surface area contributed by atoms with Crippen LogP contribution in [-0.2, 0) is 6.42 Å². The lowest BCUT2D eigenvalue weighted by Gasteiger charge is -2.33. The van der Waals surface area contributed by atoms with E-state index in [0.29, 0.717) is 5.41 Å². The van der Waals surface area contributed by atoms with Gasteiger partial charge in [-0.25, -0.2) is 0 Å². The maximum Gasteiger partial charge on any atom is 0.000844 e. The van der Waals surface area contributed by atoms with Crippen molar-refractivity contribution in [2.75, 3.05) is 0 Å². The SMILES string of the molecule is C=C1C(C)=C2c3ccc(C)c(C)c3CC23CCC1C3. The summed E-state index contributed by atoms with van der Waals surface area (Å²) in [6, 6.07) is 4.68. The van der Waals surface area contributed by atoms with Crippen LogP contribution in [0, 0.1) is 25.2 Å². The van der Waals surface area contributed by atoms with E-state index < -0.39 is 0 Å². The summed E-state index contributed by atoms with van der Waals surface area (Å²) in [5, 5.41) is 0. The van der Waals surface area contributed by atoms with Crippen LogP contribution in [0.5, 0.6) is 0 Å². The molecular formula is C19H22. The lowest BCUT2D eigenvalue weighted by Crippen LogP contribution is -2.22. The van der Waals surface area contributed by atoms with Crippen molar-refractivity contribution in [3.05, 3.63) is 52.1 Å². The Morgan fingerprint density at radius 3 is 2.79 bits per heavy atom. The highest BCUT2D eigenvalue weighted by molar-refractivity contribution is 5.84. The molecule has 2 unspecified atom stereocenters. The fourth-order valence-electron chi connectivity index (χ4n) is 4.93. The molecule has 1 saturated carbocycles. The quantitative estimate of drug-likeness (QED) is 0.608. The number of benzene rings is 1. The Morgan fingerprint density at radius 1 is 1.21 bits per heavy atom. The highest BCUT2D eigenvalue weighted by Gasteiger charge is 2.51. The smallest absolute Gasteiger partial charge is 0.000844 e. The third kappa shape index (κ3) is 1.25. The molecule has 0 radical (unpaired) electrons. The van der Waals surface area contributed by atoms with Crippen molar-refractivity contribution in [3.63, 3.8) is 0 Å². The minimum atomic E-state index is 0.469. The summed E-state index contributed by atoms with van der Waals surface area (Å²) in [6.07, 6.45) is 5.36. The van der Waals surface area contributed by atoms with E-state index in [1.165, 1.54) is 48.0 Å². The molecule has 1 fully saturated rings. The van der Waals surface area contributed by atoms with E-state index in [1.54, 1.807) is 16.7 Å². The van der Waals surface area contributed by atoms with Gasteiger partial charge in [-0.1, -0.05) is 18.7 Å². The van der Waals surface area contributed by atoms with Crippen LogP contribution in [0.15, 0.2) is 29.9 Å². The average molecular weight is 250 g/mol. The molecule has 0 aromatic heterocycles. The van der Waals surface area contributed by atoms with E-state index in [1.807, 2.05) is 0 Å². The normalized spacial score (nSPS) is 31.7. The molecule has 0 nitrogen and oxygen atoms in total. The molecule has 1 aromatic carbocycles. The summed E-state index contributed by atoms with van der Waals surface area (Å²) in [5.41, 5.74) is 11.2. The van der Waals surface area contributed by atoms with Gasteiger partial charge >= 0.3 is 0 Å². The van der Waals surface area contributed by atoms with Gasteiger partial charge in [-0.15, -0.1) is 0 Å². The second-order valence-electron chi connectivity index (χ2n) is 6.96. The zero-order valence-corrected chi connectivity index (χ0v) is 12.3. The molecule has 0 amide bonds. The lowest BCUT2D eigenvalue weighted by atomic mass is 9.70. The van der Waals surface area contributed by atoms with E-state index >= 15 is 0 Å². The summed E-state index contributed by atoms with van der Waals surface area (Å²) in [4.78, 5) is 0. The van der Waals surface area contributed by atoms with E-state index in [9.17, 15) is 0 Å². The average Bonchev–Trinajstić information content (AvgIpc) is 2.93. The minimum absolute atomic E-state index is 0.469. The summed E-state index contributed by atoms with van der Waals surface area (Å²) in [7, 11) is 0. The number of rotatable bonds is 0. The van der Waals surface area contributed by atoms with Gasteiger partial charge in [-0.05, 0) is 91.3 Å². The maximum absolute atomic E-state index is 4.39. The fourth-order valence-corrected chi connectivity index (χ4v) is 4.93. The molecule has 0 saturated heterocycles. The van der Waals surface area contributed by atoms with Crippen LogP contribution in [0.25, 0.3) is 5.57 Å². The van der Waals surface area contributed by atoms with E-state index in [-0.39, 0.29) is 0 Å². The monoisotopic (exact) mass is 250 g/mol. The van der Waals surface area contributed by atoms with Crippen molar-refractivity contribution in [2.24, 2.45) is 11.3 Å². The molecule has 1 spiro atoms. The van der Waals surface area contributed by atoms with Gasteiger partial charge in [0.25, 0.3) is 0 Å².